The van der Waals surface area contributed by atoms with Gasteiger partial charge in [-0.05, 0) is 32.0 Å². The van der Waals surface area contributed by atoms with E-state index < -0.39 is 118 Å². The van der Waals surface area contributed by atoms with Gasteiger partial charge < -0.3 is 47.1 Å². The Kier molecular flexibility index (Phi) is 13.5. The summed E-state index contributed by atoms with van der Waals surface area (Å²) >= 11 is 0. The smallest absolute Gasteiger partial charge is 0.303 e. The molecule has 57 heavy (non-hydrogen) atoms. The molecule has 3 saturated heterocycles. The fourth-order valence-electron chi connectivity index (χ4n) is 6.83. The molecule has 0 bridgehead atoms. The second-order valence-electron chi connectivity index (χ2n) is 16.0. The van der Waals surface area contributed by atoms with Gasteiger partial charge in [-0.25, -0.2) is 0 Å². The average molecular weight is 820 g/mol. The Morgan fingerprint density at radius 2 is 1.32 bits per heavy atom. The standard InChI is InChI=1S/C39H53NO16Si/c1-19-20(2)35(46)40(34(19)45)28-31(29-27(52-37(28)56-57(10,11)39(7,8)9)18-48-36(54-29)25-15-13-12-14-16-25)55-38-33(51-24(6)44)32(50-23(5)43)30(49-22(4)42)26(53-38)17-47-21(3)41/h12-16,26-33,36-38H,17-18H2,1-11H3/t26-,27-,28-,29-,30+,31-,32+,33-,36-,37+,38+/m1/s1. The number of ether oxygens (including phenoxy) is 9. The van der Waals surface area contributed by atoms with Crippen molar-refractivity contribution < 1.29 is 75.8 Å². The number of imide groups is 1. The van der Waals surface area contributed by atoms with Gasteiger partial charge >= 0.3 is 23.9 Å². The molecule has 0 aliphatic carbocycles. The molecule has 4 aliphatic heterocycles. The third-order valence-electron chi connectivity index (χ3n) is 10.8. The molecule has 2 amide bonds. The van der Waals surface area contributed by atoms with Crippen molar-refractivity contribution in [3.05, 3.63) is 47.0 Å². The number of nitrogens with zero attached hydrogens (tertiary/aromatic N) is 1. The fraction of sp³-hybridized carbons (Fsp3) is 0.641. The van der Waals surface area contributed by atoms with Crippen molar-refractivity contribution in [2.45, 2.75) is 148 Å². The molecule has 0 saturated carbocycles. The van der Waals surface area contributed by atoms with Gasteiger partial charge in [0.25, 0.3) is 11.8 Å². The quantitative estimate of drug-likeness (QED) is 0.136. The van der Waals surface area contributed by atoms with E-state index in [1.807, 2.05) is 52.1 Å². The maximum atomic E-state index is 14.1. The van der Waals surface area contributed by atoms with Crippen LogP contribution in [0, 0.1) is 0 Å². The maximum Gasteiger partial charge on any atom is 0.303 e. The van der Waals surface area contributed by atoms with Crippen molar-refractivity contribution in [1.82, 2.24) is 4.90 Å². The molecule has 0 radical (unpaired) electrons. The van der Waals surface area contributed by atoms with Crippen LogP contribution in [0.4, 0.5) is 0 Å². The third-order valence-corrected chi connectivity index (χ3v) is 15.2. The number of carbonyl (C=O) groups excluding carboxylic acids is 6. The summed E-state index contributed by atoms with van der Waals surface area (Å²) in [5, 5.41) is -0.366. The number of rotatable bonds is 11. The van der Waals surface area contributed by atoms with Crippen LogP contribution in [0.3, 0.4) is 0 Å². The van der Waals surface area contributed by atoms with Crippen LogP contribution < -0.4 is 0 Å². The zero-order valence-electron chi connectivity index (χ0n) is 34.1. The Hall–Kier alpha value is -4.04. The number of esters is 4. The largest absolute Gasteiger partial charge is 0.463 e. The highest BCUT2D eigenvalue weighted by atomic mass is 28.4. The lowest BCUT2D eigenvalue weighted by Gasteiger charge is -2.54. The SMILES string of the molecule is CC(=O)OC[C@H]1O[C@@H](O[C@H]2[C@@H]3O[C@H](c4ccccc4)OC[C@H]3O[C@@H](O[Si](C)(C)C(C)(C)C)[C@@H]2N2C(=O)C(C)=C(C)C2=O)[C@H](OC(C)=O)[C@@H](OC(C)=O)[C@H]1OC(C)=O. The summed E-state index contributed by atoms with van der Waals surface area (Å²) in [4.78, 5) is 79.0. The molecule has 4 heterocycles. The van der Waals surface area contributed by atoms with Crippen molar-refractivity contribution in [2.75, 3.05) is 13.2 Å². The minimum absolute atomic E-state index is 0.0368. The number of carbonyl (C=O) groups is 6. The second kappa shape index (κ2) is 17.4. The van der Waals surface area contributed by atoms with Crippen LogP contribution in [0.1, 0.15) is 74.2 Å². The topological polar surface area (TPSA) is 198 Å². The van der Waals surface area contributed by atoms with Crippen LogP contribution >= 0.6 is 0 Å². The molecule has 11 atom stereocenters. The molecule has 4 aliphatic rings. The van der Waals surface area contributed by atoms with E-state index in [1.165, 1.54) is 13.8 Å². The van der Waals surface area contributed by atoms with E-state index in [1.54, 1.807) is 12.1 Å². The van der Waals surface area contributed by atoms with Crippen LogP contribution in [-0.4, -0.2) is 123 Å². The first-order valence-corrected chi connectivity index (χ1v) is 21.7. The Morgan fingerprint density at radius 3 is 1.86 bits per heavy atom. The Bertz CT molecular complexity index is 1720. The normalized spacial score (nSPS) is 32.1. The Balaban J connectivity index is 1.69. The van der Waals surface area contributed by atoms with E-state index in [0.29, 0.717) is 5.56 Å². The van der Waals surface area contributed by atoms with Gasteiger partial charge in [-0.2, -0.15) is 0 Å². The Labute approximate surface area is 332 Å². The first-order valence-electron chi connectivity index (χ1n) is 18.8. The molecule has 0 aromatic heterocycles. The molecule has 0 spiro atoms. The van der Waals surface area contributed by atoms with Crippen molar-refractivity contribution in [1.29, 1.82) is 0 Å². The molecule has 18 heteroatoms. The van der Waals surface area contributed by atoms with Crippen molar-refractivity contribution in [2.24, 2.45) is 0 Å². The summed E-state index contributed by atoms with van der Waals surface area (Å²) in [6, 6.07) is 7.69. The van der Waals surface area contributed by atoms with Crippen molar-refractivity contribution in [3.63, 3.8) is 0 Å². The number of amides is 2. The summed E-state index contributed by atoms with van der Waals surface area (Å²) < 4.78 is 61.7. The summed E-state index contributed by atoms with van der Waals surface area (Å²) in [7, 11) is -2.77. The lowest BCUT2D eigenvalue weighted by atomic mass is 9.93. The predicted octanol–water partition coefficient (Wildman–Crippen LogP) is 3.39. The van der Waals surface area contributed by atoms with Crippen LogP contribution in [0.5, 0.6) is 0 Å². The molecular formula is C39H53NO16Si. The van der Waals surface area contributed by atoms with E-state index in [0.717, 1.165) is 32.6 Å². The molecule has 3 fully saturated rings. The van der Waals surface area contributed by atoms with Gasteiger partial charge in [0.1, 0.15) is 37.1 Å². The van der Waals surface area contributed by atoms with Crippen LogP contribution in [-0.2, 0) is 75.8 Å². The van der Waals surface area contributed by atoms with E-state index in [-0.39, 0.29) is 22.8 Å². The minimum Gasteiger partial charge on any atom is -0.463 e. The van der Waals surface area contributed by atoms with Crippen molar-refractivity contribution in [3.8, 4) is 0 Å². The zero-order valence-corrected chi connectivity index (χ0v) is 35.1. The fourth-order valence-corrected chi connectivity index (χ4v) is 7.96. The molecule has 5 rings (SSSR count). The van der Waals surface area contributed by atoms with Gasteiger partial charge in [-0.3, -0.25) is 33.7 Å². The number of hydrogen-bond donors (Lipinski definition) is 0. The molecular weight excluding hydrogens is 767 g/mol. The highest BCUT2D eigenvalue weighted by molar-refractivity contribution is 6.74. The van der Waals surface area contributed by atoms with E-state index in [9.17, 15) is 28.8 Å². The molecule has 1 aromatic carbocycles. The highest BCUT2D eigenvalue weighted by Crippen LogP contribution is 2.44. The summed E-state index contributed by atoms with van der Waals surface area (Å²) in [5.74, 6) is -4.42. The minimum atomic E-state index is -2.77. The molecule has 314 valence electrons. The van der Waals surface area contributed by atoms with Crippen molar-refractivity contribution >= 4 is 44.0 Å². The molecule has 17 nitrogen and oxygen atoms in total. The predicted molar refractivity (Wildman–Crippen MR) is 198 cm³/mol. The maximum absolute atomic E-state index is 14.1. The summed E-state index contributed by atoms with van der Waals surface area (Å²) in [6.07, 6.45) is -13.3. The van der Waals surface area contributed by atoms with Crippen LogP contribution in [0.15, 0.2) is 41.5 Å². The highest BCUT2D eigenvalue weighted by Gasteiger charge is 2.61. The Morgan fingerprint density at radius 1 is 0.754 bits per heavy atom. The summed E-state index contributed by atoms with van der Waals surface area (Å²) in [6.45, 7) is 17.0. The van der Waals surface area contributed by atoms with Gasteiger partial charge in [0.05, 0.1) is 6.61 Å². The van der Waals surface area contributed by atoms with Gasteiger partial charge in [-0.15, -0.1) is 0 Å². The molecule has 0 unspecified atom stereocenters. The first kappa shape index (κ1) is 44.1. The van der Waals surface area contributed by atoms with E-state index in [2.05, 4.69) is 0 Å². The molecule has 0 N–H and O–H groups in total. The second-order valence-corrected chi connectivity index (χ2v) is 20.7. The number of benzene rings is 1. The lowest BCUT2D eigenvalue weighted by molar-refractivity contribution is -0.377. The van der Waals surface area contributed by atoms with E-state index in [4.69, 9.17) is 47.1 Å². The van der Waals surface area contributed by atoms with Gasteiger partial charge in [0.2, 0.25) is 0 Å². The lowest BCUT2D eigenvalue weighted by Crippen LogP contribution is -2.71. The average Bonchev–Trinajstić information content (AvgIpc) is 3.30. The zero-order chi connectivity index (χ0) is 42.1. The van der Waals surface area contributed by atoms with Crippen LogP contribution in [0.25, 0.3) is 0 Å². The molecule has 1 aromatic rings. The number of hydrogen-bond acceptors (Lipinski definition) is 16. The van der Waals surface area contributed by atoms with Gasteiger partial charge in [0, 0.05) is 44.4 Å². The third kappa shape index (κ3) is 9.64. The van der Waals surface area contributed by atoms with Gasteiger partial charge in [0.15, 0.2) is 45.5 Å². The van der Waals surface area contributed by atoms with Gasteiger partial charge in [-0.1, -0.05) is 51.1 Å². The monoisotopic (exact) mass is 819 g/mol. The first-order chi connectivity index (χ1) is 26.6. The number of fused-ring (bicyclic) bond motifs is 1. The summed E-state index contributed by atoms with van der Waals surface area (Å²) in [5.41, 5.74) is 1.06. The van der Waals surface area contributed by atoms with Crippen LogP contribution in [0.2, 0.25) is 18.1 Å². The van der Waals surface area contributed by atoms with E-state index >= 15 is 0 Å².